The molecule has 13 heteroatoms. The minimum absolute atomic E-state index is 0.0188. The van der Waals surface area contributed by atoms with E-state index in [1.54, 1.807) is 11.0 Å². The lowest BCUT2D eigenvalue weighted by atomic mass is 10.1. The van der Waals surface area contributed by atoms with Gasteiger partial charge in [0.15, 0.2) is 11.6 Å². The summed E-state index contributed by atoms with van der Waals surface area (Å²) in [5.41, 5.74) is 1.31. The summed E-state index contributed by atoms with van der Waals surface area (Å²) in [6.45, 7) is 2.07. The SMILES string of the molecule is CN(C(=O)NCc1cccc(F)c1F)[C@@H](CCC(=O)N1CCNCC1)COC(=O)Nc1cc(-c2ccccc2)no1. The summed E-state index contributed by atoms with van der Waals surface area (Å²) >= 11 is 0. The van der Waals surface area contributed by atoms with Crippen molar-refractivity contribution in [1.29, 1.82) is 0 Å². The van der Waals surface area contributed by atoms with E-state index in [4.69, 9.17) is 9.26 Å². The highest BCUT2D eigenvalue weighted by atomic mass is 19.2. The number of piperazine rings is 1. The Bertz CT molecular complexity index is 1330. The molecule has 1 aromatic heterocycles. The summed E-state index contributed by atoms with van der Waals surface area (Å²) in [7, 11) is 1.47. The molecule has 0 unspecified atom stereocenters. The fraction of sp³-hybridized carbons (Fsp3) is 0.357. The van der Waals surface area contributed by atoms with E-state index < -0.39 is 29.8 Å². The van der Waals surface area contributed by atoms with Crippen LogP contribution in [0.3, 0.4) is 0 Å². The van der Waals surface area contributed by atoms with Gasteiger partial charge in [-0.1, -0.05) is 47.6 Å². The number of ether oxygens (including phenoxy) is 1. The summed E-state index contributed by atoms with van der Waals surface area (Å²) in [6, 6.07) is 13.2. The van der Waals surface area contributed by atoms with Gasteiger partial charge >= 0.3 is 12.1 Å². The molecule has 0 bridgehead atoms. The van der Waals surface area contributed by atoms with Gasteiger partial charge in [0.25, 0.3) is 0 Å². The summed E-state index contributed by atoms with van der Waals surface area (Å²) in [6.07, 6.45) is -0.516. The van der Waals surface area contributed by atoms with Crippen LogP contribution in [0.25, 0.3) is 11.3 Å². The van der Waals surface area contributed by atoms with Crippen LogP contribution in [0.4, 0.5) is 24.3 Å². The Morgan fingerprint density at radius 2 is 1.88 bits per heavy atom. The van der Waals surface area contributed by atoms with E-state index in [0.717, 1.165) is 11.6 Å². The number of anilines is 1. The largest absolute Gasteiger partial charge is 0.447 e. The molecule has 0 radical (unpaired) electrons. The van der Waals surface area contributed by atoms with Crippen LogP contribution < -0.4 is 16.0 Å². The summed E-state index contributed by atoms with van der Waals surface area (Å²) in [5, 5.41) is 12.1. The van der Waals surface area contributed by atoms with Crippen molar-refractivity contribution in [2.75, 3.05) is 45.2 Å². The van der Waals surface area contributed by atoms with Gasteiger partial charge in [0.1, 0.15) is 12.3 Å². The number of hydrogen-bond acceptors (Lipinski definition) is 7. The van der Waals surface area contributed by atoms with Gasteiger partial charge in [0, 0.05) is 63.4 Å². The van der Waals surface area contributed by atoms with Gasteiger partial charge in [-0.3, -0.25) is 10.1 Å². The predicted molar refractivity (Wildman–Crippen MR) is 146 cm³/mol. The molecule has 3 aromatic rings. The monoisotopic (exact) mass is 570 g/mol. The lowest BCUT2D eigenvalue weighted by Gasteiger charge is -2.30. The molecule has 1 aliphatic rings. The summed E-state index contributed by atoms with van der Waals surface area (Å²) in [4.78, 5) is 41.2. The molecule has 1 fully saturated rings. The van der Waals surface area contributed by atoms with E-state index in [1.165, 1.54) is 24.1 Å². The lowest BCUT2D eigenvalue weighted by Crippen LogP contribution is -2.48. The van der Waals surface area contributed by atoms with E-state index >= 15 is 0 Å². The van der Waals surface area contributed by atoms with Gasteiger partial charge in [0.05, 0.1) is 6.04 Å². The molecule has 2 heterocycles. The quantitative estimate of drug-likeness (QED) is 0.340. The van der Waals surface area contributed by atoms with Crippen molar-refractivity contribution in [3.05, 3.63) is 71.8 Å². The Labute approximate surface area is 235 Å². The first-order valence-electron chi connectivity index (χ1n) is 13.2. The highest BCUT2D eigenvalue weighted by Gasteiger charge is 2.25. The summed E-state index contributed by atoms with van der Waals surface area (Å²) < 4.78 is 38.1. The van der Waals surface area contributed by atoms with Gasteiger partial charge in [0.2, 0.25) is 11.8 Å². The Kier molecular flexibility index (Phi) is 10.2. The van der Waals surface area contributed by atoms with Gasteiger partial charge in [-0.05, 0) is 12.5 Å². The fourth-order valence-electron chi connectivity index (χ4n) is 4.29. The van der Waals surface area contributed by atoms with Gasteiger partial charge in [-0.25, -0.2) is 18.4 Å². The van der Waals surface area contributed by atoms with E-state index in [2.05, 4.69) is 21.1 Å². The highest BCUT2D eigenvalue weighted by Crippen LogP contribution is 2.21. The first-order chi connectivity index (χ1) is 19.8. The number of nitrogens with zero attached hydrogens (tertiary/aromatic N) is 3. The maximum absolute atomic E-state index is 14.0. The third-order valence-corrected chi connectivity index (χ3v) is 6.70. The van der Waals surface area contributed by atoms with Crippen LogP contribution in [0, 0.1) is 11.6 Å². The van der Waals surface area contributed by atoms with Crippen molar-refractivity contribution in [2.45, 2.75) is 25.4 Å². The molecule has 218 valence electrons. The number of carbonyl (C=O) groups excluding carboxylic acids is 3. The van der Waals surface area contributed by atoms with E-state index in [-0.39, 0.29) is 43.3 Å². The van der Waals surface area contributed by atoms with E-state index in [1.807, 2.05) is 30.3 Å². The molecule has 1 aliphatic heterocycles. The molecule has 2 aromatic carbocycles. The first kappa shape index (κ1) is 29.5. The second kappa shape index (κ2) is 14.2. The molecule has 0 aliphatic carbocycles. The molecular weight excluding hydrogens is 538 g/mol. The van der Waals surface area contributed by atoms with E-state index in [9.17, 15) is 23.2 Å². The summed E-state index contributed by atoms with van der Waals surface area (Å²) in [5.74, 6) is -2.07. The molecule has 1 saturated heterocycles. The molecule has 4 rings (SSSR count). The first-order valence-corrected chi connectivity index (χ1v) is 13.2. The molecule has 0 saturated carbocycles. The second-order valence-electron chi connectivity index (χ2n) is 9.47. The van der Waals surface area contributed by atoms with Crippen molar-refractivity contribution >= 4 is 23.9 Å². The van der Waals surface area contributed by atoms with Crippen molar-refractivity contribution in [2.24, 2.45) is 0 Å². The van der Waals surface area contributed by atoms with Gasteiger partial charge < -0.3 is 29.7 Å². The molecule has 4 amide bonds. The number of likely N-dealkylation sites (N-methyl/N-ethyl adjacent to an activating group) is 1. The number of benzene rings is 2. The van der Waals surface area contributed by atoms with Crippen LogP contribution in [-0.4, -0.2) is 78.9 Å². The van der Waals surface area contributed by atoms with E-state index in [0.29, 0.717) is 31.9 Å². The van der Waals surface area contributed by atoms with Crippen LogP contribution in [0.15, 0.2) is 59.1 Å². The van der Waals surface area contributed by atoms with Crippen LogP contribution in [0.1, 0.15) is 18.4 Å². The Morgan fingerprint density at radius 1 is 1.12 bits per heavy atom. The lowest BCUT2D eigenvalue weighted by molar-refractivity contribution is -0.132. The highest BCUT2D eigenvalue weighted by molar-refractivity contribution is 5.83. The number of halogens is 2. The molecule has 1 atom stereocenters. The molecule has 41 heavy (non-hydrogen) atoms. The normalized spacial score (nSPS) is 13.8. The van der Waals surface area contributed by atoms with Crippen LogP contribution in [0.2, 0.25) is 0 Å². The number of aromatic nitrogens is 1. The van der Waals surface area contributed by atoms with Crippen molar-refractivity contribution in [1.82, 2.24) is 25.6 Å². The van der Waals surface area contributed by atoms with Crippen LogP contribution in [-0.2, 0) is 16.1 Å². The molecule has 11 nitrogen and oxygen atoms in total. The maximum Gasteiger partial charge on any atom is 0.414 e. The Morgan fingerprint density at radius 3 is 2.63 bits per heavy atom. The number of amides is 4. The number of urea groups is 1. The second-order valence-corrected chi connectivity index (χ2v) is 9.47. The topological polar surface area (TPSA) is 129 Å². The van der Waals surface area contributed by atoms with Crippen molar-refractivity contribution < 1.29 is 32.4 Å². The van der Waals surface area contributed by atoms with Gasteiger partial charge in [-0.15, -0.1) is 0 Å². The molecular formula is C28H32F2N6O5. The zero-order valence-electron chi connectivity index (χ0n) is 22.6. The number of carbonyl (C=O) groups is 3. The number of rotatable bonds is 10. The van der Waals surface area contributed by atoms with Crippen LogP contribution >= 0.6 is 0 Å². The standard InChI is InChI=1S/C28H32F2N6O5/c1-35(27(38)32-17-20-8-5-9-22(29)26(20)30)21(10-11-25(37)36-14-12-31-13-15-36)18-40-28(39)33-24-16-23(34-41-24)19-6-3-2-4-7-19/h2-9,16,21,31H,10-15,17-18H2,1H3,(H,32,38)(H,33,39)/t21-/m0/s1. The fourth-order valence-corrected chi connectivity index (χ4v) is 4.29. The minimum Gasteiger partial charge on any atom is -0.447 e. The third-order valence-electron chi connectivity index (χ3n) is 6.70. The zero-order chi connectivity index (χ0) is 29.2. The average molecular weight is 571 g/mol. The smallest absolute Gasteiger partial charge is 0.414 e. The molecule has 3 N–H and O–H groups in total. The van der Waals surface area contributed by atoms with Crippen molar-refractivity contribution in [3.8, 4) is 11.3 Å². The zero-order valence-corrected chi connectivity index (χ0v) is 22.6. The van der Waals surface area contributed by atoms with Crippen molar-refractivity contribution in [3.63, 3.8) is 0 Å². The average Bonchev–Trinajstić information content (AvgIpc) is 3.46. The third kappa shape index (κ3) is 8.24. The van der Waals surface area contributed by atoms with Gasteiger partial charge in [-0.2, -0.15) is 0 Å². The predicted octanol–water partition coefficient (Wildman–Crippen LogP) is 3.59. The van der Waals surface area contributed by atoms with Crippen LogP contribution in [0.5, 0.6) is 0 Å². The minimum atomic E-state index is -1.04. The molecule has 0 spiro atoms. The number of nitrogens with one attached hydrogen (secondary N) is 3. The Hall–Kier alpha value is -4.52. The maximum atomic E-state index is 14.0. The number of hydrogen-bond donors (Lipinski definition) is 3. The Balaban J connectivity index is 1.35.